The Hall–Kier alpha value is -1.94. The number of hydrogen-bond acceptors (Lipinski definition) is 2. The van der Waals surface area contributed by atoms with Crippen molar-refractivity contribution in [2.24, 2.45) is 16.5 Å². The maximum absolute atomic E-state index is 5.30. The summed E-state index contributed by atoms with van der Waals surface area (Å²) in [5, 5.41) is 0. The molecule has 18 heavy (non-hydrogen) atoms. The highest BCUT2D eigenvalue weighted by molar-refractivity contribution is 7.99. The van der Waals surface area contributed by atoms with Crippen LogP contribution >= 0.6 is 11.8 Å². The Bertz CT molecular complexity index is 516. The van der Waals surface area contributed by atoms with Gasteiger partial charge in [0.15, 0.2) is 5.96 Å². The number of rotatable bonds is 4. The van der Waals surface area contributed by atoms with Crippen molar-refractivity contribution >= 4 is 17.7 Å². The van der Waals surface area contributed by atoms with Gasteiger partial charge < -0.3 is 11.5 Å². The van der Waals surface area contributed by atoms with E-state index in [1.807, 2.05) is 30.3 Å². The summed E-state index contributed by atoms with van der Waals surface area (Å²) in [5.74, 6) is 0.123. The normalized spacial score (nSPS) is 10.0. The van der Waals surface area contributed by atoms with Gasteiger partial charge >= 0.3 is 0 Å². The van der Waals surface area contributed by atoms with Crippen LogP contribution in [0.3, 0.4) is 0 Å². The minimum Gasteiger partial charge on any atom is -0.370 e. The SMILES string of the molecule is NC(N)=NCc1ccc(Sc2ccccc2)cc1. The molecule has 4 N–H and O–H groups in total. The average molecular weight is 257 g/mol. The van der Waals surface area contributed by atoms with Crippen LogP contribution in [0.15, 0.2) is 69.4 Å². The molecule has 2 aromatic rings. The zero-order chi connectivity index (χ0) is 12.8. The number of guanidine groups is 1. The fraction of sp³-hybridized carbons (Fsp3) is 0.0714. The lowest BCUT2D eigenvalue weighted by atomic mass is 10.2. The first-order chi connectivity index (χ1) is 8.74. The van der Waals surface area contributed by atoms with Gasteiger partial charge in [0.1, 0.15) is 0 Å². The molecule has 0 radical (unpaired) electrons. The first-order valence-electron chi connectivity index (χ1n) is 5.61. The summed E-state index contributed by atoms with van der Waals surface area (Å²) in [4.78, 5) is 6.41. The number of nitrogens with zero attached hydrogens (tertiary/aromatic N) is 1. The van der Waals surface area contributed by atoms with Crippen molar-refractivity contribution in [1.29, 1.82) is 0 Å². The van der Waals surface area contributed by atoms with Gasteiger partial charge in [0.2, 0.25) is 0 Å². The van der Waals surface area contributed by atoms with Crippen LogP contribution in [-0.2, 0) is 6.54 Å². The van der Waals surface area contributed by atoms with Gasteiger partial charge in [-0.3, -0.25) is 0 Å². The predicted molar refractivity (Wildman–Crippen MR) is 76.5 cm³/mol. The van der Waals surface area contributed by atoms with Crippen molar-refractivity contribution in [1.82, 2.24) is 0 Å². The predicted octanol–water partition coefficient (Wildman–Crippen LogP) is 2.61. The summed E-state index contributed by atoms with van der Waals surface area (Å²) in [6.07, 6.45) is 0. The summed E-state index contributed by atoms with van der Waals surface area (Å²) >= 11 is 1.74. The molecule has 92 valence electrons. The van der Waals surface area contributed by atoms with Crippen molar-refractivity contribution in [2.75, 3.05) is 0 Å². The Morgan fingerprint density at radius 2 is 1.50 bits per heavy atom. The molecule has 4 heteroatoms. The van der Waals surface area contributed by atoms with E-state index in [4.69, 9.17) is 11.5 Å². The van der Waals surface area contributed by atoms with E-state index in [-0.39, 0.29) is 5.96 Å². The monoisotopic (exact) mass is 257 g/mol. The molecule has 2 aromatic carbocycles. The van der Waals surface area contributed by atoms with Crippen molar-refractivity contribution < 1.29 is 0 Å². The fourth-order valence-corrected chi connectivity index (χ4v) is 2.31. The Morgan fingerprint density at radius 3 is 2.11 bits per heavy atom. The molecule has 0 amide bonds. The third-order valence-electron chi connectivity index (χ3n) is 2.35. The van der Waals surface area contributed by atoms with E-state index >= 15 is 0 Å². The van der Waals surface area contributed by atoms with Crippen LogP contribution in [0.25, 0.3) is 0 Å². The zero-order valence-corrected chi connectivity index (χ0v) is 10.7. The summed E-state index contributed by atoms with van der Waals surface area (Å²) in [6, 6.07) is 18.5. The molecule has 0 saturated carbocycles. The lowest BCUT2D eigenvalue weighted by molar-refractivity contribution is 1.05. The van der Waals surface area contributed by atoms with E-state index in [1.54, 1.807) is 11.8 Å². The highest BCUT2D eigenvalue weighted by Crippen LogP contribution is 2.27. The minimum atomic E-state index is 0.123. The van der Waals surface area contributed by atoms with Crippen LogP contribution < -0.4 is 11.5 Å². The van der Waals surface area contributed by atoms with Crippen LogP contribution in [0.2, 0.25) is 0 Å². The molecule has 0 atom stereocenters. The van der Waals surface area contributed by atoms with Gasteiger partial charge in [0, 0.05) is 9.79 Å². The lowest BCUT2D eigenvalue weighted by Gasteiger charge is -2.02. The second kappa shape index (κ2) is 6.12. The Morgan fingerprint density at radius 1 is 0.889 bits per heavy atom. The van der Waals surface area contributed by atoms with Crippen molar-refractivity contribution in [3.63, 3.8) is 0 Å². The van der Waals surface area contributed by atoms with E-state index in [9.17, 15) is 0 Å². The van der Waals surface area contributed by atoms with Crippen LogP contribution in [0.1, 0.15) is 5.56 Å². The Balaban J connectivity index is 2.02. The third kappa shape index (κ3) is 3.82. The number of hydrogen-bond donors (Lipinski definition) is 2. The molecule has 0 aliphatic heterocycles. The molecule has 0 unspecified atom stereocenters. The molecule has 3 nitrogen and oxygen atoms in total. The molecule has 0 aliphatic carbocycles. The second-order valence-corrected chi connectivity index (χ2v) is 4.95. The van der Waals surface area contributed by atoms with Gasteiger partial charge in [-0.1, -0.05) is 42.1 Å². The number of benzene rings is 2. The number of aliphatic imine (C=N–C) groups is 1. The maximum atomic E-state index is 5.30. The molecule has 0 heterocycles. The van der Waals surface area contributed by atoms with Gasteiger partial charge in [0.25, 0.3) is 0 Å². The van der Waals surface area contributed by atoms with E-state index in [2.05, 4.69) is 29.3 Å². The van der Waals surface area contributed by atoms with Crippen molar-refractivity contribution in [2.45, 2.75) is 16.3 Å². The third-order valence-corrected chi connectivity index (χ3v) is 3.36. The van der Waals surface area contributed by atoms with E-state index in [0.717, 1.165) is 5.56 Å². The molecule has 0 bridgehead atoms. The molecular formula is C14H15N3S. The smallest absolute Gasteiger partial charge is 0.186 e. The van der Waals surface area contributed by atoms with Gasteiger partial charge in [-0.05, 0) is 29.8 Å². The van der Waals surface area contributed by atoms with Gasteiger partial charge in [-0.15, -0.1) is 0 Å². The highest BCUT2D eigenvalue weighted by Gasteiger charge is 1.97. The van der Waals surface area contributed by atoms with E-state index < -0.39 is 0 Å². The van der Waals surface area contributed by atoms with E-state index in [1.165, 1.54) is 9.79 Å². The van der Waals surface area contributed by atoms with Crippen LogP contribution in [0, 0.1) is 0 Å². The fourth-order valence-electron chi connectivity index (χ4n) is 1.47. The molecule has 0 spiro atoms. The van der Waals surface area contributed by atoms with Crippen molar-refractivity contribution in [3.8, 4) is 0 Å². The van der Waals surface area contributed by atoms with Crippen molar-refractivity contribution in [3.05, 3.63) is 60.2 Å². The molecule has 0 saturated heterocycles. The topological polar surface area (TPSA) is 64.4 Å². The zero-order valence-electron chi connectivity index (χ0n) is 9.91. The Labute approximate surface area is 111 Å². The van der Waals surface area contributed by atoms with Crippen LogP contribution in [-0.4, -0.2) is 5.96 Å². The van der Waals surface area contributed by atoms with Crippen LogP contribution in [0.5, 0.6) is 0 Å². The summed E-state index contributed by atoms with van der Waals surface area (Å²) < 4.78 is 0. The minimum absolute atomic E-state index is 0.123. The summed E-state index contributed by atoms with van der Waals surface area (Å²) in [6.45, 7) is 0.526. The summed E-state index contributed by atoms with van der Waals surface area (Å²) in [5.41, 5.74) is 11.7. The molecular weight excluding hydrogens is 242 g/mol. The highest BCUT2D eigenvalue weighted by atomic mass is 32.2. The molecule has 0 fully saturated rings. The average Bonchev–Trinajstić information content (AvgIpc) is 2.39. The Kier molecular flexibility index (Phi) is 4.25. The van der Waals surface area contributed by atoms with E-state index in [0.29, 0.717) is 6.54 Å². The molecule has 0 aromatic heterocycles. The largest absolute Gasteiger partial charge is 0.370 e. The quantitative estimate of drug-likeness (QED) is 0.653. The van der Waals surface area contributed by atoms with Gasteiger partial charge in [0.05, 0.1) is 6.54 Å². The first-order valence-corrected chi connectivity index (χ1v) is 6.43. The summed E-state index contributed by atoms with van der Waals surface area (Å²) in [7, 11) is 0. The lowest BCUT2D eigenvalue weighted by Crippen LogP contribution is -2.22. The maximum Gasteiger partial charge on any atom is 0.186 e. The number of nitrogens with two attached hydrogens (primary N) is 2. The first kappa shape index (κ1) is 12.5. The molecule has 0 aliphatic rings. The van der Waals surface area contributed by atoms with Crippen LogP contribution in [0.4, 0.5) is 0 Å². The van der Waals surface area contributed by atoms with Gasteiger partial charge in [-0.25, -0.2) is 4.99 Å². The molecule has 2 rings (SSSR count). The van der Waals surface area contributed by atoms with Gasteiger partial charge in [-0.2, -0.15) is 0 Å². The second-order valence-electron chi connectivity index (χ2n) is 3.80. The standard InChI is InChI=1S/C14H15N3S/c15-14(16)17-10-11-6-8-13(9-7-11)18-12-4-2-1-3-5-12/h1-9H,10H2,(H4,15,16,17).